The maximum absolute atomic E-state index is 13.6. The molecule has 0 saturated heterocycles. The quantitative estimate of drug-likeness (QED) is 0.765. The summed E-state index contributed by atoms with van der Waals surface area (Å²) < 4.78 is 32.2. The molecule has 2 rings (SSSR count). The van der Waals surface area contributed by atoms with E-state index < -0.39 is 5.82 Å². The number of hydrogen-bond donors (Lipinski definition) is 1. The fourth-order valence-corrected chi connectivity index (χ4v) is 2.04. The maximum Gasteiger partial charge on any atom is 0.142 e. The molecule has 1 N–H and O–H groups in total. The van der Waals surface area contributed by atoms with Gasteiger partial charge in [0.25, 0.3) is 0 Å². The predicted molar refractivity (Wildman–Crippen MR) is 79.9 cm³/mol. The Bertz CT molecular complexity index is 619. The lowest BCUT2D eigenvalue weighted by Crippen LogP contribution is -2.13. The molecular formula is C16H16ClF2NO. The Kier molecular flexibility index (Phi) is 5.53. The van der Waals surface area contributed by atoms with Gasteiger partial charge in [-0.2, -0.15) is 0 Å². The Hall–Kier alpha value is -1.65. The first-order chi connectivity index (χ1) is 10.1. The second-order valence-electron chi connectivity index (χ2n) is 4.65. The van der Waals surface area contributed by atoms with Gasteiger partial charge in [-0.25, -0.2) is 8.78 Å². The lowest BCUT2D eigenvalue weighted by Gasteiger charge is -2.09. The van der Waals surface area contributed by atoms with Gasteiger partial charge in [0.1, 0.15) is 23.1 Å². The van der Waals surface area contributed by atoms with Gasteiger partial charge in [-0.3, -0.25) is 0 Å². The number of hydrogen-bond acceptors (Lipinski definition) is 2. The van der Waals surface area contributed by atoms with Crippen molar-refractivity contribution in [3.63, 3.8) is 0 Å². The van der Waals surface area contributed by atoms with Crippen LogP contribution in [-0.4, -0.2) is 6.54 Å². The molecule has 2 aromatic rings. The molecule has 0 aliphatic rings. The van der Waals surface area contributed by atoms with Crippen molar-refractivity contribution < 1.29 is 13.5 Å². The second-order valence-corrected chi connectivity index (χ2v) is 5.06. The number of halogens is 3. The third-order valence-corrected chi connectivity index (χ3v) is 3.10. The summed E-state index contributed by atoms with van der Waals surface area (Å²) in [5.74, 6) is -0.188. The molecule has 2 aromatic carbocycles. The number of rotatable bonds is 6. The van der Waals surface area contributed by atoms with Crippen LogP contribution in [0.15, 0.2) is 36.4 Å². The molecule has 0 aromatic heterocycles. The normalized spacial score (nSPS) is 10.7. The smallest absolute Gasteiger partial charge is 0.142 e. The molecule has 0 aliphatic carbocycles. The fourth-order valence-electron chi connectivity index (χ4n) is 1.87. The van der Waals surface area contributed by atoms with Gasteiger partial charge in [0.15, 0.2) is 0 Å². The third kappa shape index (κ3) is 4.69. The largest absolute Gasteiger partial charge is 0.457 e. The number of nitrogens with one attached hydrogen (secondary N) is 1. The molecular weight excluding hydrogens is 296 g/mol. The fraction of sp³-hybridized carbons (Fsp3) is 0.250. The highest BCUT2D eigenvalue weighted by Gasteiger charge is 2.06. The molecule has 0 radical (unpaired) electrons. The highest BCUT2D eigenvalue weighted by Crippen LogP contribution is 2.27. The average Bonchev–Trinajstić information content (AvgIpc) is 2.43. The van der Waals surface area contributed by atoms with Gasteiger partial charge < -0.3 is 10.1 Å². The molecule has 0 aliphatic heterocycles. The molecule has 0 fully saturated rings. The van der Waals surface area contributed by atoms with Crippen LogP contribution in [-0.2, 0) is 6.54 Å². The van der Waals surface area contributed by atoms with Crippen LogP contribution in [0.25, 0.3) is 0 Å². The van der Waals surface area contributed by atoms with Gasteiger partial charge in [-0.15, -0.1) is 0 Å². The van der Waals surface area contributed by atoms with Crippen LogP contribution >= 0.6 is 11.6 Å². The molecule has 5 heteroatoms. The predicted octanol–water partition coefficient (Wildman–Crippen LogP) is 4.91. The zero-order valence-corrected chi connectivity index (χ0v) is 12.4. The van der Waals surface area contributed by atoms with Crippen LogP contribution < -0.4 is 10.1 Å². The third-order valence-electron chi connectivity index (χ3n) is 2.81. The molecule has 112 valence electrons. The van der Waals surface area contributed by atoms with E-state index in [4.69, 9.17) is 16.3 Å². The SMILES string of the molecule is CCCNCc1cc(F)cc(Oc2ccc(F)c(Cl)c2)c1. The molecule has 0 amide bonds. The van der Waals surface area contributed by atoms with E-state index in [2.05, 4.69) is 12.2 Å². The Labute approximate surface area is 127 Å². The van der Waals surface area contributed by atoms with Crippen molar-refractivity contribution in [1.29, 1.82) is 0 Å². The molecule has 0 spiro atoms. The molecule has 0 atom stereocenters. The van der Waals surface area contributed by atoms with E-state index in [1.54, 1.807) is 6.07 Å². The van der Waals surface area contributed by atoms with Crippen molar-refractivity contribution >= 4 is 11.6 Å². The van der Waals surface area contributed by atoms with Crippen molar-refractivity contribution in [2.24, 2.45) is 0 Å². The van der Waals surface area contributed by atoms with Crippen LogP contribution in [0.4, 0.5) is 8.78 Å². The summed E-state index contributed by atoms with van der Waals surface area (Å²) in [5, 5.41) is 3.16. The first-order valence-corrected chi connectivity index (χ1v) is 7.09. The van der Waals surface area contributed by atoms with Gasteiger partial charge in [0.2, 0.25) is 0 Å². The van der Waals surface area contributed by atoms with E-state index in [9.17, 15) is 8.78 Å². The van der Waals surface area contributed by atoms with E-state index in [1.807, 2.05) is 0 Å². The summed E-state index contributed by atoms with van der Waals surface area (Å²) in [6.07, 6.45) is 1.01. The van der Waals surface area contributed by atoms with Crippen LogP contribution in [0, 0.1) is 11.6 Å². The van der Waals surface area contributed by atoms with Gasteiger partial charge in [-0.1, -0.05) is 18.5 Å². The summed E-state index contributed by atoms with van der Waals surface area (Å²) in [7, 11) is 0. The summed E-state index contributed by atoms with van der Waals surface area (Å²) in [6.45, 7) is 3.48. The van der Waals surface area contributed by atoms with Crippen molar-refractivity contribution in [2.75, 3.05) is 6.54 Å². The van der Waals surface area contributed by atoms with E-state index in [0.717, 1.165) is 18.5 Å². The highest BCUT2D eigenvalue weighted by atomic mass is 35.5. The van der Waals surface area contributed by atoms with Crippen molar-refractivity contribution in [2.45, 2.75) is 19.9 Å². The maximum atomic E-state index is 13.6. The monoisotopic (exact) mass is 311 g/mol. The molecule has 0 bridgehead atoms. The van der Waals surface area contributed by atoms with Crippen molar-refractivity contribution in [3.05, 3.63) is 58.6 Å². The van der Waals surface area contributed by atoms with E-state index in [1.165, 1.54) is 30.3 Å². The van der Waals surface area contributed by atoms with Gasteiger partial charge in [0, 0.05) is 18.7 Å². The van der Waals surface area contributed by atoms with Gasteiger partial charge in [0.05, 0.1) is 5.02 Å². The van der Waals surface area contributed by atoms with Crippen molar-refractivity contribution in [1.82, 2.24) is 5.32 Å². The van der Waals surface area contributed by atoms with E-state index >= 15 is 0 Å². The van der Waals surface area contributed by atoms with Crippen LogP contribution in [0.2, 0.25) is 5.02 Å². The number of benzene rings is 2. The minimum absolute atomic E-state index is 0.0336. The standard InChI is InChI=1S/C16H16ClF2NO/c1-2-5-20-10-11-6-12(18)8-14(7-11)21-13-3-4-16(19)15(17)9-13/h3-4,6-9,20H,2,5,10H2,1H3. The Morgan fingerprint density at radius 2 is 1.90 bits per heavy atom. The summed E-state index contributed by atoms with van der Waals surface area (Å²) in [4.78, 5) is 0. The number of ether oxygens (including phenoxy) is 1. The van der Waals surface area contributed by atoms with Crippen molar-refractivity contribution in [3.8, 4) is 11.5 Å². The zero-order chi connectivity index (χ0) is 15.2. The van der Waals surface area contributed by atoms with Gasteiger partial charge in [-0.05, 0) is 42.8 Å². The Morgan fingerprint density at radius 1 is 1.10 bits per heavy atom. The van der Waals surface area contributed by atoms with Crippen LogP contribution in [0.1, 0.15) is 18.9 Å². The van der Waals surface area contributed by atoms with E-state index in [0.29, 0.717) is 18.0 Å². The first-order valence-electron chi connectivity index (χ1n) is 6.71. The summed E-state index contributed by atoms with van der Waals surface area (Å²) in [5.41, 5.74) is 0.784. The molecule has 0 heterocycles. The average molecular weight is 312 g/mol. The molecule has 0 unspecified atom stereocenters. The zero-order valence-electron chi connectivity index (χ0n) is 11.6. The molecule has 2 nitrogen and oxygen atoms in total. The highest BCUT2D eigenvalue weighted by molar-refractivity contribution is 6.30. The minimum atomic E-state index is -0.521. The molecule has 21 heavy (non-hydrogen) atoms. The van der Waals surface area contributed by atoms with Gasteiger partial charge >= 0.3 is 0 Å². The molecule has 0 saturated carbocycles. The lowest BCUT2D eigenvalue weighted by atomic mass is 10.2. The minimum Gasteiger partial charge on any atom is -0.457 e. The lowest BCUT2D eigenvalue weighted by molar-refractivity contribution is 0.473. The summed E-state index contributed by atoms with van der Waals surface area (Å²) in [6, 6.07) is 8.48. The first kappa shape index (κ1) is 15.7. The Balaban J connectivity index is 2.13. The second kappa shape index (κ2) is 7.38. The van der Waals surface area contributed by atoms with Crippen LogP contribution in [0.5, 0.6) is 11.5 Å². The van der Waals surface area contributed by atoms with Crippen LogP contribution in [0.3, 0.4) is 0 Å². The van der Waals surface area contributed by atoms with E-state index in [-0.39, 0.29) is 10.8 Å². The summed E-state index contributed by atoms with van der Waals surface area (Å²) >= 11 is 5.69. The topological polar surface area (TPSA) is 21.3 Å². The Morgan fingerprint density at radius 3 is 2.62 bits per heavy atom.